The summed E-state index contributed by atoms with van der Waals surface area (Å²) in [6, 6.07) is 18.0. The number of sulfonamides is 1. The molecule has 3 rings (SSSR count). The summed E-state index contributed by atoms with van der Waals surface area (Å²) in [5, 5.41) is 2.68. The van der Waals surface area contributed by atoms with E-state index in [-0.39, 0.29) is 17.4 Å². The molecule has 0 bridgehead atoms. The second-order valence-corrected chi connectivity index (χ2v) is 9.37. The lowest BCUT2D eigenvalue weighted by Crippen LogP contribution is -2.20. The Bertz CT molecular complexity index is 1180. The summed E-state index contributed by atoms with van der Waals surface area (Å²) >= 11 is 3.41. The lowest BCUT2D eigenvalue weighted by Gasteiger charge is -2.11. The van der Waals surface area contributed by atoms with Crippen LogP contribution in [0.2, 0.25) is 0 Å². The van der Waals surface area contributed by atoms with E-state index in [4.69, 9.17) is 9.47 Å². The van der Waals surface area contributed by atoms with Crippen molar-refractivity contribution >= 4 is 43.2 Å². The normalized spacial score (nSPS) is 11.0. The van der Waals surface area contributed by atoms with E-state index < -0.39 is 10.0 Å². The first-order valence-electron chi connectivity index (χ1n) is 9.81. The van der Waals surface area contributed by atoms with Gasteiger partial charge in [0, 0.05) is 15.8 Å². The van der Waals surface area contributed by atoms with Gasteiger partial charge in [-0.15, -0.1) is 0 Å². The van der Waals surface area contributed by atoms with Gasteiger partial charge in [-0.3, -0.25) is 9.52 Å². The monoisotopic (exact) mass is 518 g/mol. The minimum absolute atomic E-state index is 0.0750. The highest BCUT2D eigenvalue weighted by Gasteiger charge is 2.14. The predicted molar refractivity (Wildman–Crippen MR) is 128 cm³/mol. The van der Waals surface area contributed by atoms with E-state index in [1.54, 1.807) is 30.3 Å². The number of halogens is 1. The van der Waals surface area contributed by atoms with E-state index in [0.29, 0.717) is 29.5 Å². The van der Waals surface area contributed by atoms with Crippen molar-refractivity contribution in [1.29, 1.82) is 0 Å². The summed E-state index contributed by atoms with van der Waals surface area (Å²) < 4.78 is 39.5. The lowest BCUT2D eigenvalue weighted by atomic mass is 10.2. The SMILES string of the molecule is CCOc1ccc(NS(=O)(=O)c2ccc(NC(=O)COc3ccc(Br)c(C)c3)cc2)cc1. The molecule has 32 heavy (non-hydrogen) atoms. The summed E-state index contributed by atoms with van der Waals surface area (Å²) in [5.41, 5.74) is 1.88. The minimum atomic E-state index is -3.77. The van der Waals surface area contributed by atoms with Gasteiger partial charge >= 0.3 is 0 Å². The fraction of sp³-hybridized carbons (Fsp3) is 0.174. The van der Waals surface area contributed by atoms with E-state index in [0.717, 1.165) is 10.0 Å². The molecule has 0 fully saturated rings. The third-order valence-corrected chi connectivity index (χ3v) is 6.65. The summed E-state index contributed by atoms with van der Waals surface area (Å²) in [4.78, 5) is 12.2. The molecule has 1 amide bonds. The molecule has 9 heteroatoms. The predicted octanol–water partition coefficient (Wildman–Crippen LogP) is 4.97. The van der Waals surface area contributed by atoms with Gasteiger partial charge in [-0.1, -0.05) is 15.9 Å². The van der Waals surface area contributed by atoms with Crippen LogP contribution >= 0.6 is 15.9 Å². The number of hydrogen-bond donors (Lipinski definition) is 2. The second kappa shape index (κ2) is 10.5. The molecule has 0 aromatic heterocycles. The molecule has 0 aliphatic heterocycles. The van der Waals surface area contributed by atoms with Gasteiger partial charge in [0.25, 0.3) is 15.9 Å². The average Bonchev–Trinajstić information content (AvgIpc) is 2.76. The first-order valence-corrected chi connectivity index (χ1v) is 12.1. The number of anilines is 2. The maximum absolute atomic E-state index is 12.6. The molecule has 0 unspecified atom stereocenters. The zero-order valence-corrected chi connectivity index (χ0v) is 20.0. The number of carbonyl (C=O) groups is 1. The number of nitrogens with one attached hydrogen (secondary N) is 2. The molecule has 0 heterocycles. The second-order valence-electron chi connectivity index (χ2n) is 6.84. The Morgan fingerprint density at radius 2 is 1.53 bits per heavy atom. The van der Waals surface area contributed by atoms with Crippen LogP contribution in [0.1, 0.15) is 12.5 Å². The van der Waals surface area contributed by atoms with Gasteiger partial charge < -0.3 is 14.8 Å². The van der Waals surface area contributed by atoms with Crippen molar-refractivity contribution in [1.82, 2.24) is 0 Å². The maximum Gasteiger partial charge on any atom is 0.262 e. The van der Waals surface area contributed by atoms with E-state index in [1.807, 2.05) is 26.0 Å². The number of amides is 1. The smallest absolute Gasteiger partial charge is 0.262 e. The van der Waals surface area contributed by atoms with Crippen molar-refractivity contribution < 1.29 is 22.7 Å². The largest absolute Gasteiger partial charge is 0.494 e. The van der Waals surface area contributed by atoms with Gasteiger partial charge in [-0.05, 0) is 86.1 Å². The Hall–Kier alpha value is -3.04. The van der Waals surface area contributed by atoms with Crippen LogP contribution in [-0.4, -0.2) is 27.5 Å². The van der Waals surface area contributed by atoms with Crippen molar-refractivity contribution in [3.8, 4) is 11.5 Å². The highest BCUT2D eigenvalue weighted by molar-refractivity contribution is 9.10. The maximum atomic E-state index is 12.6. The molecule has 168 valence electrons. The van der Waals surface area contributed by atoms with Crippen LogP contribution in [0.15, 0.2) is 76.1 Å². The van der Waals surface area contributed by atoms with Crippen molar-refractivity contribution in [2.75, 3.05) is 23.3 Å². The van der Waals surface area contributed by atoms with E-state index in [1.165, 1.54) is 24.3 Å². The molecule has 0 aliphatic carbocycles. The fourth-order valence-corrected chi connectivity index (χ4v) is 4.08. The number of benzene rings is 3. The first-order chi connectivity index (χ1) is 15.3. The highest BCUT2D eigenvalue weighted by Crippen LogP contribution is 2.22. The molecule has 2 N–H and O–H groups in total. The number of aryl methyl sites for hydroxylation is 1. The molecular formula is C23H23BrN2O5S. The third kappa shape index (κ3) is 6.48. The zero-order chi connectivity index (χ0) is 23.1. The summed E-state index contributed by atoms with van der Waals surface area (Å²) in [6.07, 6.45) is 0. The van der Waals surface area contributed by atoms with E-state index in [2.05, 4.69) is 26.0 Å². The van der Waals surface area contributed by atoms with Crippen molar-refractivity contribution in [2.45, 2.75) is 18.7 Å². The van der Waals surface area contributed by atoms with Gasteiger partial charge in [0.1, 0.15) is 11.5 Å². The molecule has 0 atom stereocenters. The summed E-state index contributed by atoms with van der Waals surface area (Å²) in [7, 11) is -3.77. The van der Waals surface area contributed by atoms with Crippen LogP contribution in [-0.2, 0) is 14.8 Å². The highest BCUT2D eigenvalue weighted by atomic mass is 79.9. The van der Waals surface area contributed by atoms with Gasteiger partial charge in [0.2, 0.25) is 0 Å². The molecule has 0 spiro atoms. The van der Waals surface area contributed by atoms with Gasteiger partial charge in [-0.25, -0.2) is 8.42 Å². The van der Waals surface area contributed by atoms with Crippen molar-refractivity contribution in [3.63, 3.8) is 0 Å². The molecular weight excluding hydrogens is 496 g/mol. The fourth-order valence-electron chi connectivity index (χ4n) is 2.77. The Balaban J connectivity index is 1.57. The molecule has 0 aliphatic rings. The molecule has 0 saturated heterocycles. The molecule has 0 radical (unpaired) electrons. The van der Waals surface area contributed by atoms with Crippen LogP contribution in [0.5, 0.6) is 11.5 Å². The van der Waals surface area contributed by atoms with Gasteiger partial charge in [0.15, 0.2) is 6.61 Å². The van der Waals surface area contributed by atoms with Gasteiger partial charge in [0.05, 0.1) is 11.5 Å². The third-order valence-electron chi connectivity index (χ3n) is 4.37. The van der Waals surface area contributed by atoms with Gasteiger partial charge in [-0.2, -0.15) is 0 Å². The topological polar surface area (TPSA) is 93.7 Å². The van der Waals surface area contributed by atoms with Crippen LogP contribution in [0.25, 0.3) is 0 Å². The molecule has 3 aromatic carbocycles. The molecule has 7 nitrogen and oxygen atoms in total. The van der Waals surface area contributed by atoms with E-state index >= 15 is 0 Å². The average molecular weight is 519 g/mol. The summed E-state index contributed by atoms with van der Waals surface area (Å²) in [6.45, 7) is 4.17. The minimum Gasteiger partial charge on any atom is -0.494 e. The first kappa shape index (κ1) is 23.6. The van der Waals surface area contributed by atoms with Crippen LogP contribution < -0.4 is 19.5 Å². The quantitative estimate of drug-likeness (QED) is 0.416. The van der Waals surface area contributed by atoms with Crippen molar-refractivity contribution in [3.05, 3.63) is 76.8 Å². The van der Waals surface area contributed by atoms with Crippen LogP contribution in [0, 0.1) is 6.92 Å². The number of carbonyl (C=O) groups excluding carboxylic acids is 1. The van der Waals surface area contributed by atoms with Crippen molar-refractivity contribution in [2.24, 2.45) is 0 Å². The standard InChI is InChI=1S/C23H23BrN2O5S/c1-3-30-19-8-4-18(5-9-19)26-32(28,29)21-11-6-17(7-12-21)25-23(27)15-31-20-10-13-22(24)16(2)14-20/h4-14,26H,3,15H2,1-2H3,(H,25,27). The Labute approximate surface area is 195 Å². The Morgan fingerprint density at radius 1 is 0.906 bits per heavy atom. The summed E-state index contributed by atoms with van der Waals surface area (Å²) in [5.74, 6) is 0.895. The molecule has 3 aromatic rings. The number of hydrogen-bond acceptors (Lipinski definition) is 5. The Kier molecular flexibility index (Phi) is 7.76. The van der Waals surface area contributed by atoms with E-state index in [9.17, 15) is 13.2 Å². The number of ether oxygens (including phenoxy) is 2. The van der Waals surface area contributed by atoms with Crippen LogP contribution in [0.4, 0.5) is 11.4 Å². The lowest BCUT2D eigenvalue weighted by molar-refractivity contribution is -0.118. The molecule has 0 saturated carbocycles. The zero-order valence-electron chi connectivity index (χ0n) is 17.6. The number of rotatable bonds is 9. The Morgan fingerprint density at radius 3 is 2.16 bits per heavy atom. The van der Waals surface area contributed by atoms with Crippen LogP contribution in [0.3, 0.4) is 0 Å².